The van der Waals surface area contributed by atoms with Crippen molar-refractivity contribution in [3.05, 3.63) is 47.5 Å². The number of benzene rings is 1. The van der Waals surface area contributed by atoms with Crippen LogP contribution in [0.2, 0.25) is 0 Å². The van der Waals surface area contributed by atoms with E-state index in [2.05, 4.69) is 63.8 Å². The van der Waals surface area contributed by atoms with Crippen LogP contribution in [-0.4, -0.2) is 58.5 Å². The molecule has 0 aliphatic carbocycles. The lowest BCUT2D eigenvalue weighted by atomic mass is 10.1. The Hall–Kier alpha value is -2.45. The molecule has 8 nitrogen and oxygen atoms in total. The molecule has 28 heavy (non-hydrogen) atoms. The predicted molar refractivity (Wildman–Crippen MR) is 110 cm³/mol. The van der Waals surface area contributed by atoms with E-state index in [-0.39, 0.29) is 0 Å². The van der Waals surface area contributed by atoms with Crippen molar-refractivity contribution in [1.29, 1.82) is 0 Å². The van der Waals surface area contributed by atoms with E-state index in [4.69, 9.17) is 9.73 Å². The molecule has 1 fully saturated rings. The van der Waals surface area contributed by atoms with Crippen molar-refractivity contribution >= 4 is 5.96 Å². The van der Waals surface area contributed by atoms with Gasteiger partial charge in [-0.2, -0.15) is 0 Å². The van der Waals surface area contributed by atoms with Crippen LogP contribution in [0.15, 0.2) is 35.6 Å². The highest BCUT2D eigenvalue weighted by molar-refractivity contribution is 5.79. The number of guanidine groups is 1. The molecule has 0 spiro atoms. The fourth-order valence-corrected chi connectivity index (χ4v) is 3.21. The number of nitrogens with one attached hydrogen (secondary N) is 2. The summed E-state index contributed by atoms with van der Waals surface area (Å²) < 4.78 is 7.48. The van der Waals surface area contributed by atoms with Crippen molar-refractivity contribution < 1.29 is 4.74 Å². The SMILES string of the molecule is CCNC(=NCc1ccccc1CN1CCOCC1)NCc1nncn1CC. The summed E-state index contributed by atoms with van der Waals surface area (Å²) in [6, 6.07) is 8.54. The predicted octanol–water partition coefficient (Wildman–Crippen LogP) is 1.39. The lowest BCUT2D eigenvalue weighted by Gasteiger charge is -2.27. The molecular weight excluding hydrogens is 354 g/mol. The molecule has 0 radical (unpaired) electrons. The van der Waals surface area contributed by atoms with Crippen LogP contribution in [0.4, 0.5) is 0 Å². The third-order valence-electron chi connectivity index (χ3n) is 4.82. The Morgan fingerprint density at radius 2 is 1.93 bits per heavy atom. The van der Waals surface area contributed by atoms with Gasteiger partial charge in [0, 0.05) is 32.7 Å². The summed E-state index contributed by atoms with van der Waals surface area (Å²) in [6.45, 7) is 11.6. The van der Waals surface area contributed by atoms with Crippen LogP contribution in [0.25, 0.3) is 0 Å². The van der Waals surface area contributed by atoms with Gasteiger partial charge >= 0.3 is 0 Å². The first-order valence-electron chi connectivity index (χ1n) is 10.1. The van der Waals surface area contributed by atoms with E-state index in [1.807, 2.05) is 4.57 Å². The average Bonchev–Trinajstić information content (AvgIpc) is 3.19. The van der Waals surface area contributed by atoms with Gasteiger partial charge in [0.2, 0.25) is 0 Å². The minimum Gasteiger partial charge on any atom is -0.379 e. The molecule has 1 aliphatic rings. The lowest BCUT2D eigenvalue weighted by molar-refractivity contribution is 0.0341. The highest BCUT2D eigenvalue weighted by Gasteiger charge is 2.12. The first kappa shape index (κ1) is 20.3. The van der Waals surface area contributed by atoms with Gasteiger partial charge in [0.25, 0.3) is 0 Å². The summed E-state index contributed by atoms with van der Waals surface area (Å²) in [5.41, 5.74) is 2.58. The molecule has 1 aliphatic heterocycles. The highest BCUT2D eigenvalue weighted by Crippen LogP contribution is 2.14. The second kappa shape index (κ2) is 10.8. The maximum atomic E-state index is 5.46. The number of hydrogen-bond acceptors (Lipinski definition) is 5. The van der Waals surface area contributed by atoms with Crippen LogP contribution in [0.3, 0.4) is 0 Å². The third kappa shape index (κ3) is 5.77. The third-order valence-corrected chi connectivity index (χ3v) is 4.82. The maximum Gasteiger partial charge on any atom is 0.191 e. The molecule has 3 rings (SSSR count). The Morgan fingerprint density at radius 3 is 2.68 bits per heavy atom. The topological polar surface area (TPSA) is 79.6 Å². The normalized spacial score (nSPS) is 15.6. The fraction of sp³-hybridized carbons (Fsp3) is 0.550. The molecule has 1 aromatic carbocycles. The zero-order chi connectivity index (χ0) is 19.6. The molecule has 152 valence electrons. The van der Waals surface area contributed by atoms with E-state index < -0.39 is 0 Å². The van der Waals surface area contributed by atoms with Gasteiger partial charge in [-0.15, -0.1) is 10.2 Å². The van der Waals surface area contributed by atoms with Crippen LogP contribution < -0.4 is 10.6 Å². The molecule has 2 heterocycles. The summed E-state index contributed by atoms with van der Waals surface area (Å²) in [4.78, 5) is 7.22. The van der Waals surface area contributed by atoms with Crippen LogP contribution in [0.5, 0.6) is 0 Å². The van der Waals surface area contributed by atoms with Gasteiger partial charge in [-0.1, -0.05) is 24.3 Å². The van der Waals surface area contributed by atoms with Crippen molar-refractivity contribution in [2.45, 2.75) is 40.0 Å². The van der Waals surface area contributed by atoms with Crippen molar-refractivity contribution in [3.63, 3.8) is 0 Å². The van der Waals surface area contributed by atoms with Gasteiger partial charge < -0.3 is 19.9 Å². The number of hydrogen-bond donors (Lipinski definition) is 2. The molecule has 1 aromatic heterocycles. The minimum absolute atomic E-state index is 0.592. The Bertz CT molecular complexity index is 753. The zero-order valence-electron chi connectivity index (χ0n) is 16.9. The highest BCUT2D eigenvalue weighted by atomic mass is 16.5. The second-order valence-corrected chi connectivity index (χ2v) is 6.74. The monoisotopic (exact) mass is 385 g/mol. The number of rotatable bonds is 8. The van der Waals surface area contributed by atoms with Crippen molar-refractivity contribution in [3.8, 4) is 0 Å². The summed E-state index contributed by atoms with van der Waals surface area (Å²) in [5, 5.41) is 14.8. The quantitative estimate of drug-likeness (QED) is 0.528. The van der Waals surface area contributed by atoms with Crippen molar-refractivity contribution in [1.82, 2.24) is 30.3 Å². The van der Waals surface area contributed by atoms with Crippen LogP contribution >= 0.6 is 0 Å². The lowest BCUT2D eigenvalue weighted by Crippen LogP contribution is -2.37. The van der Waals surface area contributed by atoms with E-state index in [9.17, 15) is 0 Å². The summed E-state index contributed by atoms with van der Waals surface area (Å²) >= 11 is 0. The Morgan fingerprint density at radius 1 is 1.14 bits per heavy atom. The molecule has 0 amide bonds. The Kier molecular flexibility index (Phi) is 7.81. The molecular formula is C20H31N7O. The van der Waals surface area contributed by atoms with Crippen molar-refractivity contribution in [2.75, 3.05) is 32.8 Å². The molecule has 2 N–H and O–H groups in total. The minimum atomic E-state index is 0.592. The number of ether oxygens (including phenoxy) is 1. The van der Waals surface area contributed by atoms with Gasteiger partial charge in [-0.25, -0.2) is 4.99 Å². The van der Waals surface area contributed by atoms with Gasteiger partial charge in [-0.3, -0.25) is 4.90 Å². The number of aromatic nitrogens is 3. The Balaban J connectivity index is 1.63. The van der Waals surface area contributed by atoms with E-state index in [1.54, 1.807) is 6.33 Å². The summed E-state index contributed by atoms with van der Waals surface area (Å²) in [6.07, 6.45) is 1.75. The van der Waals surface area contributed by atoms with Gasteiger partial charge in [-0.05, 0) is 25.0 Å². The smallest absolute Gasteiger partial charge is 0.191 e. The molecule has 2 aromatic rings. The van der Waals surface area contributed by atoms with Gasteiger partial charge in [0.05, 0.1) is 26.3 Å². The molecule has 8 heteroatoms. The average molecular weight is 386 g/mol. The molecule has 1 saturated heterocycles. The summed E-state index contributed by atoms with van der Waals surface area (Å²) in [5.74, 6) is 1.69. The number of aryl methyl sites for hydroxylation is 1. The fourth-order valence-electron chi connectivity index (χ4n) is 3.21. The molecule has 0 saturated carbocycles. The van der Waals surface area contributed by atoms with E-state index in [0.29, 0.717) is 13.1 Å². The first-order valence-corrected chi connectivity index (χ1v) is 10.1. The first-order chi connectivity index (χ1) is 13.8. The van der Waals surface area contributed by atoms with Crippen LogP contribution in [-0.2, 0) is 30.9 Å². The standard InChI is InChI=1S/C20H31N7O/c1-3-21-20(23-14-19-25-24-16-27(19)4-2)22-13-17-7-5-6-8-18(17)15-26-9-11-28-12-10-26/h5-8,16H,3-4,9-15H2,1-2H3,(H2,21,22,23). The second-order valence-electron chi connectivity index (χ2n) is 6.74. The van der Waals surface area contributed by atoms with Crippen molar-refractivity contribution in [2.24, 2.45) is 4.99 Å². The van der Waals surface area contributed by atoms with E-state index >= 15 is 0 Å². The Labute approximate surface area is 167 Å². The maximum absolute atomic E-state index is 5.46. The molecule has 0 unspecified atom stereocenters. The molecule has 0 bridgehead atoms. The van der Waals surface area contributed by atoms with Gasteiger partial charge in [0.1, 0.15) is 6.33 Å². The number of morpholine rings is 1. The number of nitrogens with zero attached hydrogens (tertiary/aromatic N) is 5. The van der Waals surface area contributed by atoms with Crippen LogP contribution in [0.1, 0.15) is 30.8 Å². The van der Waals surface area contributed by atoms with E-state index in [1.165, 1.54) is 11.1 Å². The number of aliphatic imine (C=N–C) groups is 1. The van der Waals surface area contributed by atoms with Crippen LogP contribution in [0, 0.1) is 0 Å². The summed E-state index contributed by atoms with van der Waals surface area (Å²) in [7, 11) is 0. The van der Waals surface area contributed by atoms with E-state index in [0.717, 1.165) is 57.7 Å². The van der Waals surface area contributed by atoms with Gasteiger partial charge in [0.15, 0.2) is 11.8 Å². The zero-order valence-corrected chi connectivity index (χ0v) is 16.9. The largest absolute Gasteiger partial charge is 0.379 e. The molecule has 0 atom stereocenters.